The fraction of sp³-hybridized carbons (Fsp3) is 0.600. The van der Waals surface area contributed by atoms with Crippen LogP contribution in [0.5, 0.6) is 0 Å². The molecule has 0 aromatic rings. The van der Waals surface area contributed by atoms with Crippen molar-refractivity contribution in [1.82, 2.24) is 0 Å². The van der Waals surface area contributed by atoms with Crippen LogP contribution in [0.2, 0.25) is 0 Å². The second kappa shape index (κ2) is 3.54. The highest BCUT2D eigenvalue weighted by Crippen LogP contribution is 2.29. The van der Waals surface area contributed by atoms with Crippen LogP contribution in [-0.2, 0) is 4.74 Å². The molecular formula is C5H5F5O. The van der Waals surface area contributed by atoms with Crippen molar-refractivity contribution >= 4 is 0 Å². The Morgan fingerprint density at radius 2 is 1.82 bits per heavy atom. The Morgan fingerprint density at radius 3 is 1.91 bits per heavy atom. The van der Waals surface area contributed by atoms with Gasteiger partial charge in [0.15, 0.2) is 0 Å². The highest BCUT2D eigenvalue weighted by atomic mass is 19.4. The van der Waals surface area contributed by atoms with Crippen LogP contribution in [0, 0.1) is 0 Å². The molecule has 0 aromatic carbocycles. The molecule has 1 nitrogen and oxygen atoms in total. The molecule has 0 radical (unpaired) electrons. The lowest BCUT2D eigenvalue weighted by Crippen LogP contribution is -2.15. The molecule has 0 N–H and O–H groups in total. The average Bonchev–Trinajstić information content (AvgIpc) is 1.86. The SMILES string of the molecule is COC(F)=C(CF)C(F)(F)F. The Bertz CT molecular complexity index is 159. The molecule has 0 fully saturated rings. The number of hydrogen-bond acceptors (Lipinski definition) is 1. The number of hydrogen-bond donors (Lipinski definition) is 0. The minimum absolute atomic E-state index is 0.691. The highest BCUT2D eigenvalue weighted by Gasteiger charge is 2.37. The van der Waals surface area contributed by atoms with Gasteiger partial charge in [0.2, 0.25) is 0 Å². The van der Waals surface area contributed by atoms with Gasteiger partial charge in [-0.15, -0.1) is 0 Å². The fourth-order valence-electron chi connectivity index (χ4n) is 0.363. The van der Waals surface area contributed by atoms with Crippen molar-refractivity contribution in [1.29, 1.82) is 0 Å². The molecule has 0 aliphatic rings. The predicted octanol–water partition coefficient (Wildman–Crippen LogP) is 2.35. The van der Waals surface area contributed by atoms with E-state index in [1.54, 1.807) is 0 Å². The topological polar surface area (TPSA) is 9.23 Å². The summed E-state index contributed by atoms with van der Waals surface area (Å²) in [7, 11) is 0.691. The van der Waals surface area contributed by atoms with Crippen molar-refractivity contribution in [2.45, 2.75) is 6.18 Å². The van der Waals surface area contributed by atoms with Gasteiger partial charge in [-0.1, -0.05) is 0 Å². The zero-order chi connectivity index (χ0) is 9.07. The number of methoxy groups -OCH3 is 1. The Labute approximate surface area is 59.5 Å². The zero-order valence-electron chi connectivity index (χ0n) is 5.51. The van der Waals surface area contributed by atoms with Crippen LogP contribution in [0.1, 0.15) is 0 Å². The molecule has 0 spiro atoms. The lowest BCUT2D eigenvalue weighted by molar-refractivity contribution is -0.101. The predicted molar refractivity (Wildman–Crippen MR) is 27.2 cm³/mol. The maximum absolute atomic E-state index is 12.0. The average molecular weight is 176 g/mol. The molecule has 0 unspecified atom stereocenters. The number of rotatable bonds is 2. The monoisotopic (exact) mass is 176 g/mol. The van der Waals surface area contributed by atoms with Gasteiger partial charge in [0, 0.05) is 0 Å². The van der Waals surface area contributed by atoms with E-state index in [-0.39, 0.29) is 0 Å². The molecule has 0 saturated carbocycles. The normalized spacial score (nSPS) is 14.4. The Hall–Kier alpha value is -0.810. The van der Waals surface area contributed by atoms with E-state index in [2.05, 4.69) is 4.74 Å². The first-order valence-corrected chi connectivity index (χ1v) is 2.49. The van der Waals surface area contributed by atoms with E-state index in [1.807, 2.05) is 0 Å². The summed E-state index contributed by atoms with van der Waals surface area (Å²) in [6, 6.07) is -1.93. The van der Waals surface area contributed by atoms with Crippen LogP contribution in [0.15, 0.2) is 11.6 Å². The molecule has 6 heteroatoms. The molecule has 0 bridgehead atoms. The van der Waals surface area contributed by atoms with Crippen LogP contribution in [0.3, 0.4) is 0 Å². The Kier molecular flexibility index (Phi) is 3.28. The van der Waals surface area contributed by atoms with E-state index in [4.69, 9.17) is 0 Å². The Balaban J connectivity index is 4.66. The van der Waals surface area contributed by atoms with Gasteiger partial charge in [-0.2, -0.15) is 17.6 Å². The van der Waals surface area contributed by atoms with E-state index in [1.165, 1.54) is 0 Å². The smallest absolute Gasteiger partial charge is 0.421 e. The number of allylic oxidation sites excluding steroid dienone is 1. The summed E-state index contributed by atoms with van der Waals surface area (Å²) >= 11 is 0. The minimum Gasteiger partial charge on any atom is -0.474 e. The van der Waals surface area contributed by atoms with Gasteiger partial charge in [0.1, 0.15) is 12.2 Å². The maximum Gasteiger partial charge on any atom is 0.421 e. The van der Waals surface area contributed by atoms with Crippen molar-refractivity contribution in [3.05, 3.63) is 11.6 Å². The summed E-state index contributed by atoms with van der Waals surface area (Å²) in [5, 5.41) is 0. The van der Waals surface area contributed by atoms with E-state index in [9.17, 15) is 22.0 Å². The molecule has 66 valence electrons. The molecule has 0 aliphatic carbocycles. The molecule has 0 aliphatic heterocycles. The van der Waals surface area contributed by atoms with Crippen molar-refractivity contribution in [2.24, 2.45) is 0 Å². The summed E-state index contributed by atoms with van der Waals surface area (Å²) in [5.74, 6) is 0. The van der Waals surface area contributed by atoms with Gasteiger partial charge in [-0.3, -0.25) is 0 Å². The van der Waals surface area contributed by atoms with Gasteiger partial charge < -0.3 is 4.74 Å². The molecule has 11 heavy (non-hydrogen) atoms. The van der Waals surface area contributed by atoms with Crippen LogP contribution in [0.4, 0.5) is 22.0 Å². The largest absolute Gasteiger partial charge is 0.474 e. The van der Waals surface area contributed by atoms with Crippen LogP contribution in [-0.4, -0.2) is 20.0 Å². The van der Waals surface area contributed by atoms with Crippen LogP contribution >= 0.6 is 0 Å². The van der Waals surface area contributed by atoms with Gasteiger partial charge in [0.25, 0.3) is 6.01 Å². The van der Waals surface area contributed by atoms with Crippen molar-refractivity contribution in [2.75, 3.05) is 13.8 Å². The molecule has 0 amide bonds. The third-order valence-corrected chi connectivity index (χ3v) is 0.892. The highest BCUT2D eigenvalue weighted by molar-refractivity contribution is 5.09. The molecule has 0 rings (SSSR count). The quantitative estimate of drug-likeness (QED) is 0.463. The standard InChI is InChI=1S/C5H5F5O/c1-11-4(7)3(2-6)5(8,9)10/h2H2,1H3. The molecule has 0 saturated heterocycles. The fourth-order valence-corrected chi connectivity index (χ4v) is 0.363. The van der Waals surface area contributed by atoms with Gasteiger partial charge in [-0.25, -0.2) is 4.39 Å². The summed E-state index contributed by atoms with van der Waals surface area (Å²) in [4.78, 5) is 0. The van der Waals surface area contributed by atoms with Gasteiger partial charge in [-0.05, 0) is 0 Å². The number of halogens is 5. The molecule has 0 atom stereocenters. The second-order valence-corrected chi connectivity index (χ2v) is 1.59. The van der Waals surface area contributed by atoms with E-state index < -0.39 is 24.4 Å². The molecular weight excluding hydrogens is 171 g/mol. The second-order valence-electron chi connectivity index (χ2n) is 1.59. The Morgan fingerprint density at radius 1 is 1.36 bits per heavy atom. The lowest BCUT2D eigenvalue weighted by atomic mass is 10.3. The van der Waals surface area contributed by atoms with Crippen LogP contribution in [0.25, 0.3) is 0 Å². The number of alkyl halides is 4. The van der Waals surface area contributed by atoms with Crippen molar-refractivity contribution in [3.8, 4) is 0 Å². The first-order valence-electron chi connectivity index (χ1n) is 2.49. The summed E-state index contributed by atoms with van der Waals surface area (Å²) in [5.41, 5.74) is -1.93. The van der Waals surface area contributed by atoms with E-state index >= 15 is 0 Å². The maximum atomic E-state index is 12.0. The van der Waals surface area contributed by atoms with E-state index in [0.29, 0.717) is 7.11 Å². The first kappa shape index (κ1) is 10.2. The van der Waals surface area contributed by atoms with Gasteiger partial charge >= 0.3 is 6.18 Å². The third kappa shape index (κ3) is 2.73. The summed E-state index contributed by atoms with van der Waals surface area (Å²) in [6.45, 7) is -1.93. The van der Waals surface area contributed by atoms with Crippen molar-refractivity contribution in [3.63, 3.8) is 0 Å². The summed E-state index contributed by atoms with van der Waals surface area (Å²) in [6.07, 6.45) is -5.01. The third-order valence-electron chi connectivity index (χ3n) is 0.892. The first-order chi connectivity index (χ1) is 4.93. The molecule has 0 aromatic heterocycles. The van der Waals surface area contributed by atoms with E-state index in [0.717, 1.165) is 0 Å². The summed E-state index contributed by atoms with van der Waals surface area (Å²) < 4.78 is 61.7. The molecule has 0 heterocycles. The number of ether oxygens (including phenoxy) is 1. The minimum atomic E-state index is -5.01. The lowest BCUT2D eigenvalue weighted by Gasteiger charge is -2.07. The van der Waals surface area contributed by atoms with Crippen molar-refractivity contribution < 1.29 is 26.7 Å². The van der Waals surface area contributed by atoms with Crippen LogP contribution < -0.4 is 0 Å². The van der Waals surface area contributed by atoms with Gasteiger partial charge in [0.05, 0.1) is 7.11 Å². The zero-order valence-corrected chi connectivity index (χ0v) is 5.51.